The number of aromatic nitrogens is 2. The number of imidazole rings is 1. The Bertz CT molecular complexity index is 174. The maximum atomic E-state index is 7.00. The van der Waals surface area contributed by atoms with Crippen LogP contribution in [0.4, 0.5) is 0 Å². The van der Waals surface area contributed by atoms with E-state index in [-0.39, 0.29) is 0 Å². The number of hydrogen-bond donors (Lipinski definition) is 2. The average Bonchev–Trinajstić information content (AvgIpc) is 2.16. The fourth-order valence-corrected chi connectivity index (χ4v) is 0.725. The second-order valence-electron chi connectivity index (χ2n) is 2.03. The number of H-pyrrole nitrogens is 1. The minimum Gasteiger partial charge on any atom is -0.400 e. The van der Waals surface area contributed by atoms with Gasteiger partial charge in [-0.1, -0.05) is 0 Å². The molecule has 0 aliphatic carbocycles. The van der Waals surface area contributed by atoms with Crippen LogP contribution in [0.15, 0.2) is 0 Å². The molecule has 0 saturated carbocycles. The third-order valence-corrected chi connectivity index (χ3v) is 1.25. The lowest BCUT2D eigenvalue weighted by Gasteiger charge is -1.79. The molecule has 10 heavy (non-hydrogen) atoms. The lowest BCUT2D eigenvalue weighted by Crippen LogP contribution is -1.71. The lowest BCUT2D eigenvalue weighted by atomic mass is 10.4. The highest BCUT2D eigenvalue weighted by Gasteiger charge is 1.93. The zero-order valence-corrected chi connectivity index (χ0v) is 6.89. The van der Waals surface area contributed by atoms with Gasteiger partial charge in [0.2, 0.25) is 0 Å². The molecule has 0 bridgehead atoms. The summed E-state index contributed by atoms with van der Waals surface area (Å²) in [5.74, 6) is 1.00. The first kappa shape index (κ1) is 9.17. The van der Waals surface area contributed by atoms with Crippen LogP contribution in [0.1, 0.15) is 17.2 Å². The smallest absolute Gasteiger partial charge is 0.103 e. The van der Waals surface area contributed by atoms with E-state index in [9.17, 15) is 0 Å². The molecule has 0 spiro atoms. The van der Waals surface area contributed by atoms with Gasteiger partial charge in [-0.05, 0) is 20.8 Å². The molecule has 0 fully saturated rings. The van der Waals surface area contributed by atoms with Gasteiger partial charge < -0.3 is 10.1 Å². The van der Waals surface area contributed by atoms with Gasteiger partial charge in [0.15, 0.2) is 0 Å². The van der Waals surface area contributed by atoms with Gasteiger partial charge in [-0.15, -0.1) is 0 Å². The molecule has 1 aromatic rings. The van der Waals surface area contributed by atoms with Gasteiger partial charge in [-0.2, -0.15) is 0 Å². The highest BCUT2D eigenvalue weighted by atomic mass is 16.2. The molecule has 0 atom stereocenters. The number of aryl methyl sites for hydroxylation is 3. The lowest BCUT2D eigenvalue weighted by molar-refractivity contribution is 0.399. The summed E-state index contributed by atoms with van der Waals surface area (Å²) in [6.45, 7) is 5.98. The van der Waals surface area contributed by atoms with E-state index in [1.807, 2.05) is 20.8 Å². The molecule has 0 unspecified atom stereocenters. The van der Waals surface area contributed by atoms with Crippen molar-refractivity contribution in [2.24, 2.45) is 0 Å². The fraction of sp³-hybridized carbons (Fsp3) is 0.571. The topological polar surface area (TPSA) is 48.9 Å². The molecule has 58 valence electrons. The summed E-state index contributed by atoms with van der Waals surface area (Å²) in [4.78, 5) is 7.25. The van der Waals surface area contributed by atoms with E-state index in [0.717, 1.165) is 18.6 Å². The molecule has 0 saturated heterocycles. The van der Waals surface area contributed by atoms with E-state index in [2.05, 4.69) is 9.97 Å². The van der Waals surface area contributed by atoms with Crippen molar-refractivity contribution in [3.63, 3.8) is 0 Å². The van der Waals surface area contributed by atoms with Crippen LogP contribution in [-0.2, 0) is 0 Å². The minimum atomic E-state index is 1.00. The van der Waals surface area contributed by atoms with E-state index in [1.54, 1.807) is 0 Å². The first-order chi connectivity index (χ1) is 4.70. The zero-order valence-electron chi connectivity index (χ0n) is 6.89. The standard InChI is InChI=1S/C6H10N2.CH4O/c1-4-5(2)8-6(3)7-4;1-2/h1-3H3,(H,7,8);2H,1H3. The first-order valence-electron chi connectivity index (χ1n) is 3.14. The van der Waals surface area contributed by atoms with Crippen LogP contribution < -0.4 is 0 Å². The summed E-state index contributed by atoms with van der Waals surface area (Å²) in [5, 5.41) is 7.00. The number of nitrogens with one attached hydrogen (secondary N) is 1. The largest absolute Gasteiger partial charge is 0.400 e. The number of aromatic amines is 1. The van der Waals surface area contributed by atoms with Gasteiger partial charge in [0.05, 0.1) is 5.69 Å². The van der Waals surface area contributed by atoms with E-state index < -0.39 is 0 Å². The maximum absolute atomic E-state index is 7.00. The Hall–Kier alpha value is -0.830. The van der Waals surface area contributed by atoms with Crippen molar-refractivity contribution in [3.05, 3.63) is 17.2 Å². The second-order valence-corrected chi connectivity index (χ2v) is 2.03. The molecular weight excluding hydrogens is 128 g/mol. The highest BCUT2D eigenvalue weighted by Crippen LogP contribution is 1.99. The summed E-state index contributed by atoms with van der Waals surface area (Å²) in [6, 6.07) is 0. The summed E-state index contributed by atoms with van der Waals surface area (Å²) in [7, 11) is 1.00. The van der Waals surface area contributed by atoms with Crippen LogP contribution in [0, 0.1) is 20.8 Å². The quantitative estimate of drug-likeness (QED) is 0.566. The van der Waals surface area contributed by atoms with Crippen LogP contribution in [-0.4, -0.2) is 22.2 Å². The van der Waals surface area contributed by atoms with Gasteiger partial charge in [0.25, 0.3) is 0 Å². The van der Waals surface area contributed by atoms with Crippen molar-refractivity contribution in [2.75, 3.05) is 7.11 Å². The van der Waals surface area contributed by atoms with Crippen molar-refractivity contribution in [2.45, 2.75) is 20.8 Å². The Labute approximate surface area is 61.1 Å². The Morgan fingerprint density at radius 3 is 1.80 bits per heavy atom. The normalized spacial score (nSPS) is 8.50. The molecule has 2 N–H and O–H groups in total. The number of hydrogen-bond acceptors (Lipinski definition) is 2. The van der Waals surface area contributed by atoms with Crippen molar-refractivity contribution < 1.29 is 5.11 Å². The predicted molar refractivity (Wildman–Crippen MR) is 40.9 cm³/mol. The SMILES string of the molecule is CO.Cc1nc(C)c(C)[nH]1. The van der Waals surface area contributed by atoms with Gasteiger partial charge in [0.1, 0.15) is 5.82 Å². The van der Waals surface area contributed by atoms with Crippen LogP contribution in [0.3, 0.4) is 0 Å². The predicted octanol–water partition coefficient (Wildman–Crippen LogP) is 0.943. The Kier molecular flexibility index (Phi) is 3.72. The van der Waals surface area contributed by atoms with Crippen molar-refractivity contribution in [1.82, 2.24) is 9.97 Å². The molecular formula is C7H14N2O. The van der Waals surface area contributed by atoms with Crippen molar-refractivity contribution in [3.8, 4) is 0 Å². The first-order valence-corrected chi connectivity index (χ1v) is 3.14. The van der Waals surface area contributed by atoms with Gasteiger partial charge in [-0.3, -0.25) is 0 Å². The molecule has 3 heteroatoms. The average molecular weight is 142 g/mol. The maximum Gasteiger partial charge on any atom is 0.103 e. The Morgan fingerprint density at radius 1 is 1.20 bits per heavy atom. The van der Waals surface area contributed by atoms with E-state index in [4.69, 9.17) is 5.11 Å². The molecule has 0 amide bonds. The van der Waals surface area contributed by atoms with Gasteiger partial charge in [0, 0.05) is 12.8 Å². The minimum absolute atomic E-state index is 1.00. The van der Waals surface area contributed by atoms with E-state index in [1.165, 1.54) is 5.69 Å². The Morgan fingerprint density at radius 2 is 1.70 bits per heavy atom. The molecule has 1 heterocycles. The number of aliphatic hydroxyl groups excluding tert-OH is 1. The molecule has 0 aromatic carbocycles. The van der Waals surface area contributed by atoms with Crippen LogP contribution in [0.25, 0.3) is 0 Å². The summed E-state index contributed by atoms with van der Waals surface area (Å²) in [5.41, 5.74) is 2.27. The molecule has 1 rings (SSSR count). The number of rotatable bonds is 0. The number of aliphatic hydroxyl groups is 1. The summed E-state index contributed by atoms with van der Waals surface area (Å²) < 4.78 is 0. The van der Waals surface area contributed by atoms with E-state index >= 15 is 0 Å². The third-order valence-electron chi connectivity index (χ3n) is 1.25. The van der Waals surface area contributed by atoms with Crippen LogP contribution in [0.2, 0.25) is 0 Å². The molecule has 0 aliphatic rings. The molecule has 0 radical (unpaired) electrons. The highest BCUT2D eigenvalue weighted by molar-refractivity contribution is 5.09. The van der Waals surface area contributed by atoms with Crippen LogP contribution >= 0.6 is 0 Å². The molecule has 1 aromatic heterocycles. The Balaban J connectivity index is 0.000000371. The van der Waals surface area contributed by atoms with Crippen molar-refractivity contribution in [1.29, 1.82) is 0 Å². The summed E-state index contributed by atoms with van der Waals surface area (Å²) in [6.07, 6.45) is 0. The number of nitrogens with zero attached hydrogens (tertiary/aromatic N) is 1. The monoisotopic (exact) mass is 142 g/mol. The van der Waals surface area contributed by atoms with Crippen molar-refractivity contribution >= 4 is 0 Å². The third kappa shape index (κ3) is 2.19. The van der Waals surface area contributed by atoms with Gasteiger partial charge in [-0.25, -0.2) is 4.98 Å². The van der Waals surface area contributed by atoms with E-state index in [0.29, 0.717) is 0 Å². The summed E-state index contributed by atoms with van der Waals surface area (Å²) >= 11 is 0. The zero-order chi connectivity index (χ0) is 8.15. The fourth-order valence-electron chi connectivity index (χ4n) is 0.725. The van der Waals surface area contributed by atoms with Crippen LogP contribution in [0.5, 0.6) is 0 Å². The molecule has 0 aliphatic heterocycles. The second kappa shape index (κ2) is 4.06. The molecule has 3 nitrogen and oxygen atoms in total. The van der Waals surface area contributed by atoms with Gasteiger partial charge >= 0.3 is 0 Å².